The van der Waals surface area contributed by atoms with E-state index in [2.05, 4.69) is 20.0 Å². The first kappa shape index (κ1) is 19.9. The summed E-state index contributed by atoms with van der Waals surface area (Å²) in [4.78, 5) is 16.0. The number of amides is 1. The largest absolute Gasteiger partial charge is 0.387 e. The van der Waals surface area contributed by atoms with Crippen LogP contribution in [0.1, 0.15) is 23.1 Å². The fraction of sp³-hybridized carbons (Fsp3) is 0.250. The standard InChI is InChI=1S/C20H23N5O2S/c21-20-24-18(25-28-20)12-19(27)23-16-8-6-14(7-9-16)10-11-22-13-17(26)15-4-2-1-3-5-15/h1-9,17,22,26H,10-13H2,(H,23,27)(H2,21,24,25)/t17-/m0/s1. The normalized spacial score (nSPS) is 11.9. The van der Waals surface area contributed by atoms with Crippen LogP contribution in [-0.2, 0) is 17.6 Å². The van der Waals surface area contributed by atoms with Crippen LogP contribution in [-0.4, -0.2) is 33.5 Å². The number of carbonyl (C=O) groups excluding carboxylic acids is 1. The average molecular weight is 398 g/mol. The Kier molecular flexibility index (Phi) is 7.07. The Morgan fingerprint density at radius 1 is 1.14 bits per heavy atom. The van der Waals surface area contributed by atoms with Crippen molar-refractivity contribution < 1.29 is 9.90 Å². The van der Waals surface area contributed by atoms with Crippen molar-refractivity contribution in [2.24, 2.45) is 0 Å². The van der Waals surface area contributed by atoms with Crippen molar-refractivity contribution in [3.63, 3.8) is 0 Å². The number of hydrogen-bond donors (Lipinski definition) is 4. The Balaban J connectivity index is 1.38. The Morgan fingerprint density at radius 3 is 2.57 bits per heavy atom. The molecule has 1 atom stereocenters. The van der Waals surface area contributed by atoms with E-state index in [0.29, 0.717) is 17.5 Å². The summed E-state index contributed by atoms with van der Waals surface area (Å²) in [5, 5.41) is 16.6. The lowest BCUT2D eigenvalue weighted by molar-refractivity contribution is -0.115. The van der Waals surface area contributed by atoms with Crippen LogP contribution in [0.5, 0.6) is 0 Å². The molecule has 8 heteroatoms. The lowest BCUT2D eigenvalue weighted by Gasteiger charge is -2.12. The Labute approximate surface area is 167 Å². The predicted molar refractivity (Wildman–Crippen MR) is 111 cm³/mol. The third-order valence-electron chi connectivity index (χ3n) is 4.15. The van der Waals surface area contributed by atoms with Crippen LogP contribution < -0.4 is 16.4 Å². The number of anilines is 2. The van der Waals surface area contributed by atoms with Crippen LogP contribution in [0.25, 0.3) is 0 Å². The molecule has 2 aromatic carbocycles. The van der Waals surface area contributed by atoms with Crippen molar-refractivity contribution in [2.45, 2.75) is 18.9 Å². The number of aliphatic hydroxyl groups excluding tert-OH is 1. The van der Waals surface area contributed by atoms with Crippen molar-refractivity contribution in [3.05, 3.63) is 71.5 Å². The first-order valence-corrected chi connectivity index (χ1v) is 9.78. The fourth-order valence-electron chi connectivity index (χ4n) is 2.71. The highest BCUT2D eigenvalue weighted by molar-refractivity contribution is 7.09. The molecule has 0 spiro atoms. The molecule has 1 amide bonds. The summed E-state index contributed by atoms with van der Waals surface area (Å²) in [6, 6.07) is 17.3. The van der Waals surface area contributed by atoms with E-state index in [1.807, 2.05) is 54.6 Å². The van der Waals surface area contributed by atoms with Gasteiger partial charge < -0.3 is 21.5 Å². The maximum Gasteiger partial charge on any atom is 0.232 e. The summed E-state index contributed by atoms with van der Waals surface area (Å²) >= 11 is 1.08. The highest BCUT2D eigenvalue weighted by Gasteiger charge is 2.09. The molecule has 3 aromatic rings. The maximum atomic E-state index is 12.0. The van der Waals surface area contributed by atoms with Gasteiger partial charge in [0.1, 0.15) is 0 Å². The van der Waals surface area contributed by atoms with Crippen molar-refractivity contribution in [1.82, 2.24) is 14.7 Å². The Hall–Kier alpha value is -2.81. The van der Waals surface area contributed by atoms with E-state index < -0.39 is 6.10 Å². The zero-order chi connectivity index (χ0) is 19.8. The zero-order valence-corrected chi connectivity index (χ0v) is 16.2. The Morgan fingerprint density at radius 2 is 1.89 bits per heavy atom. The summed E-state index contributed by atoms with van der Waals surface area (Å²) < 4.78 is 4.00. The van der Waals surface area contributed by atoms with Gasteiger partial charge in [-0.1, -0.05) is 42.5 Å². The van der Waals surface area contributed by atoms with E-state index >= 15 is 0 Å². The molecule has 0 aliphatic heterocycles. The zero-order valence-electron chi connectivity index (χ0n) is 15.3. The smallest absolute Gasteiger partial charge is 0.232 e. The lowest BCUT2D eigenvalue weighted by Crippen LogP contribution is -2.23. The Bertz CT molecular complexity index is 883. The van der Waals surface area contributed by atoms with Gasteiger partial charge in [0.05, 0.1) is 12.5 Å². The van der Waals surface area contributed by atoms with Gasteiger partial charge in [0.2, 0.25) is 5.91 Å². The minimum Gasteiger partial charge on any atom is -0.387 e. The summed E-state index contributed by atoms with van der Waals surface area (Å²) in [7, 11) is 0. The number of benzene rings is 2. The first-order valence-electron chi connectivity index (χ1n) is 9.01. The van der Waals surface area contributed by atoms with Gasteiger partial charge in [-0.3, -0.25) is 4.79 Å². The molecule has 0 radical (unpaired) electrons. The molecule has 146 valence electrons. The molecule has 3 rings (SSSR count). The molecule has 1 heterocycles. The number of carbonyl (C=O) groups is 1. The molecular weight excluding hydrogens is 374 g/mol. The molecule has 5 N–H and O–H groups in total. The van der Waals surface area contributed by atoms with Crippen LogP contribution in [0.3, 0.4) is 0 Å². The van der Waals surface area contributed by atoms with Gasteiger partial charge >= 0.3 is 0 Å². The number of nitrogen functional groups attached to an aromatic ring is 1. The molecule has 28 heavy (non-hydrogen) atoms. The number of hydrogen-bond acceptors (Lipinski definition) is 7. The summed E-state index contributed by atoms with van der Waals surface area (Å²) in [6.07, 6.45) is 0.419. The number of aliphatic hydroxyl groups is 1. The summed E-state index contributed by atoms with van der Waals surface area (Å²) in [5.74, 6) is 0.252. The number of rotatable bonds is 9. The molecule has 0 aliphatic rings. The summed E-state index contributed by atoms with van der Waals surface area (Å²) in [5.41, 5.74) is 8.29. The maximum absolute atomic E-state index is 12.0. The lowest BCUT2D eigenvalue weighted by atomic mass is 10.1. The van der Waals surface area contributed by atoms with Crippen molar-refractivity contribution >= 4 is 28.3 Å². The molecule has 7 nitrogen and oxygen atoms in total. The van der Waals surface area contributed by atoms with Crippen LogP contribution in [0.4, 0.5) is 10.8 Å². The van der Waals surface area contributed by atoms with Crippen LogP contribution in [0.2, 0.25) is 0 Å². The molecule has 1 aromatic heterocycles. The second-order valence-electron chi connectivity index (χ2n) is 6.35. The van der Waals surface area contributed by atoms with Crippen LogP contribution in [0.15, 0.2) is 54.6 Å². The third kappa shape index (κ3) is 6.12. The molecule has 0 bridgehead atoms. The first-order chi connectivity index (χ1) is 13.6. The van der Waals surface area contributed by atoms with Gasteiger partial charge in [-0.25, -0.2) is 4.98 Å². The minimum atomic E-state index is -0.513. The quantitative estimate of drug-likeness (QED) is 0.412. The van der Waals surface area contributed by atoms with E-state index in [4.69, 9.17) is 5.73 Å². The minimum absolute atomic E-state index is 0.100. The monoisotopic (exact) mass is 397 g/mol. The van der Waals surface area contributed by atoms with Crippen molar-refractivity contribution in [1.29, 1.82) is 0 Å². The molecule has 0 saturated carbocycles. The number of nitrogens with zero attached hydrogens (tertiary/aromatic N) is 2. The van der Waals surface area contributed by atoms with Crippen LogP contribution in [0, 0.1) is 0 Å². The van der Waals surface area contributed by atoms with Gasteiger partial charge in [-0.15, -0.1) is 0 Å². The van der Waals surface area contributed by atoms with E-state index in [-0.39, 0.29) is 12.3 Å². The van der Waals surface area contributed by atoms with Gasteiger partial charge in [0.25, 0.3) is 0 Å². The van der Waals surface area contributed by atoms with E-state index in [1.54, 1.807) is 0 Å². The topological polar surface area (TPSA) is 113 Å². The number of nitrogens with one attached hydrogen (secondary N) is 2. The van der Waals surface area contributed by atoms with Gasteiger partial charge in [0.15, 0.2) is 11.0 Å². The number of aromatic nitrogens is 2. The molecular formula is C20H23N5O2S. The second kappa shape index (κ2) is 9.93. The third-order valence-corrected chi connectivity index (χ3v) is 4.73. The van der Waals surface area contributed by atoms with Gasteiger partial charge in [-0.2, -0.15) is 4.37 Å². The van der Waals surface area contributed by atoms with Gasteiger partial charge in [0, 0.05) is 23.8 Å². The highest BCUT2D eigenvalue weighted by Crippen LogP contribution is 2.13. The van der Waals surface area contributed by atoms with Crippen LogP contribution >= 0.6 is 11.5 Å². The van der Waals surface area contributed by atoms with Crippen molar-refractivity contribution in [2.75, 3.05) is 24.1 Å². The fourth-order valence-corrected chi connectivity index (χ4v) is 3.16. The summed E-state index contributed by atoms with van der Waals surface area (Å²) in [6.45, 7) is 1.26. The van der Waals surface area contributed by atoms with Crippen molar-refractivity contribution in [3.8, 4) is 0 Å². The molecule has 0 aliphatic carbocycles. The second-order valence-corrected chi connectivity index (χ2v) is 7.13. The number of nitrogens with two attached hydrogens (primary N) is 1. The predicted octanol–water partition coefficient (Wildman–Crippen LogP) is 2.17. The molecule has 0 unspecified atom stereocenters. The van der Waals surface area contributed by atoms with E-state index in [9.17, 15) is 9.90 Å². The van der Waals surface area contributed by atoms with E-state index in [1.165, 1.54) is 0 Å². The van der Waals surface area contributed by atoms with Gasteiger partial charge in [-0.05, 0) is 36.2 Å². The molecule has 0 fully saturated rings. The SMILES string of the molecule is Nc1nc(CC(=O)Nc2ccc(CCNC[C@H](O)c3ccccc3)cc2)ns1. The van der Waals surface area contributed by atoms with E-state index in [0.717, 1.165) is 41.3 Å². The molecule has 0 saturated heterocycles. The average Bonchev–Trinajstić information content (AvgIpc) is 3.11. The highest BCUT2D eigenvalue weighted by atomic mass is 32.1.